The molecule has 2 aromatic heterocycles. The van der Waals surface area contributed by atoms with Crippen molar-refractivity contribution >= 4 is 16.9 Å². The van der Waals surface area contributed by atoms with Gasteiger partial charge in [0.2, 0.25) is 0 Å². The van der Waals surface area contributed by atoms with Gasteiger partial charge in [-0.05, 0) is 35.4 Å². The van der Waals surface area contributed by atoms with Crippen molar-refractivity contribution in [2.45, 2.75) is 12.5 Å². The van der Waals surface area contributed by atoms with E-state index in [1.54, 1.807) is 19.4 Å². The molecule has 0 amide bonds. The Labute approximate surface area is 155 Å². The van der Waals surface area contributed by atoms with Gasteiger partial charge in [-0.25, -0.2) is 4.79 Å². The molecule has 0 aliphatic carbocycles. The number of benzene rings is 2. The van der Waals surface area contributed by atoms with Crippen LogP contribution in [0.3, 0.4) is 0 Å². The highest BCUT2D eigenvalue weighted by molar-refractivity contribution is 5.89. The molecule has 1 unspecified atom stereocenters. The van der Waals surface area contributed by atoms with Gasteiger partial charge in [-0.2, -0.15) is 0 Å². The monoisotopic (exact) mass is 358 g/mol. The number of rotatable bonds is 3. The zero-order chi connectivity index (χ0) is 18.5. The minimum Gasteiger partial charge on any atom is -0.497 e. The Morgan fingerprint density at radius 3 is 2.70 bits per heavy atom. The number of H-pyrrole nitrogens is 1. The van der Waals surface area contributed by atoms with Gasteiger partial charge >= 0.3 is 5.97 Å². The average molecular weight is 358 g/mol. The summed E-state index contributed by atoms with van der Waals surface area (Å²) in [6.07, 6.45) is 2.44. The van der Waals surface area contributed by atoms with Gasteiger partial charge in [-0.15, -0.1) is 0 Å². The quantitative estimate of drug-likeness (QED) is 0.507. The Morgan fingerprint density at radius 2 is 1.96 bits per heavy atom. The number of methoxy groups -OCH3 is 1. The lowest BCUT2D eigenvalue weighted by Crippen LogP contribution is -2.20. The Hall–Kier alpha value is -3.47. The fraction of sp³-hybridized carbons (Fsp3) is 0.136. The molecule has 1 aliphatic rings. The number of carbonyl (C=O) groups is 1. The van der Waals surface area contributed by atoms with Gasteiger partial charge in [0, 0.05) is 34.9 Å². The number of hydrogen-bond donors (Lipinski definition) is 2. The number of nitrogens with one attached hydrogen (secondary N) is 1. The molecular weight excluding hydrogens is 340 g/mol. The third-order valence-corrected chi connectivity index (χ3v) is 5.37. The standard InChI is InChI=1S/C22H18N2O3/c1-27-16-8-6-13(7-9-16)21-20-18(17-4-2-3-5-19(17)23-20)11-15-10-14(22(25)26)12-24(15)21/h2-10,12,21,23H,11H2,1H3,(H,25,26). The molecule has 5 nitrogen and oxygen atoms in total. The van der Waals surface area contributed by atoms with Gasteiger partial charge in [-0.1, -0.05) is 30.3 Å². The number of para-hydroxylation sites is 1. The highest BCUT2D eigenvalue weighted by Gasteiger charge is 2.30. The third-order valence-electron chi connectivity index (χ3n) is 5.37. The smallest absolute Gasteiger partial charge is 0.337 e. The van der Waals surface area contributed by atoms with E-state index in [0.717, 1.165) is 28.2 Å². The van der Waals surface area contributed by atoms with Gasteiger partial charge in [-0.3, -0.25) is 0 Å². The molecule has 3 heterocycles. The van der Waals surface area contributed by atoms with Crippen LogP contribution in [0.25, 0.3) is 10.9 Å². The van der Waals surface area contributed by atoms with Crippen molar-refractivity contribution in [3.8, 4) is 5.75 Å². The number of aromatic nitrogens is 2. The molecule has 0 fully saturated rings. The number of fused-ring (bicyclic) bond motifs is 4. The van der Waals surface area contributed by atoms with E-state index in [0.29, 0.717) is 12.0 Å². The molecule has 0 radical (unpaired) electrons. The molecule has 2 aromatic carbocycles. The lowest BCUT2D eigenvalue weighted by Gasteiger charge is -2.27. The first-order chi connectivity index (χ1) is 13.2. The maximum absolute atomic E-state index is 11.5. The van der Waals surface area contributed by atoms with Crippen molar-refractivity contribution < 1.29 is 14.6 Å². The molecule has 0 saturated heterocycles. The summed E-state index contributed by atoms with van der Waals surface area (Å²) < 4.78 is 7.36. The van der Waals surface area contributed by atoms with Crippen molar-refractivity contribution in [3.05, 3.63) is 88.9 Å². The maximum atomic E-state index is 11.5. The lowest BCUT2D eigenvalue weighted by atomic mass is 9.93. The maximum Gasteiger partial charge on any atom is 0.337 e. The van der Waals surface area contributed by atoms with Crippen molar-refractivity contribution in [2.75, 3.05) is 7.11 Å². The fourth-order valence-electron chi connectivity index (χ4n) is 4.10. The van der Waals surface area contributed by atoms with Crippen LogP contribution < -0.4 is 4.74 Å². The number of ether oxygens (including phenoxy) is 1. The molecule has 5 rings (SSSR count). The van der Waals surface area contributed by atoms with Gasteiger partial charge in [0.05, 0.1) is 18.7 Å². The van der Waals surface area contributed by atoms with Gasteiger partial charge in [0.25, 0.3) is 0 Å². The molecule has 0 saturated carbocycles. The summed E-state index contributed by atoms with van der Waals surface area (Å²) in [6.45, 7) is 0. The molecular formula is C22H18N2O3. The first-order valence-corrected chi connectivity index (χ1v) is 8.83. The lowest BCUT2D eigenvalue weighted by molar-refractivity contribution is 0.0697. The normalized spacial score (nSPS) is 15.4. The predicted octanol–water partition coefficient (Wildman–Crippen LogP) is 4.22. The zero-order valence-electron chi connectivity index (χ0n) is 14.8. The van der Waals surface area contributed by atoms with Crippen LogP contribution in [0.4, 0.5) is 0 Å². The molecule has 27 heavy (non-hydrogen) atoms. The summed E-state index contributed by atoms with van der Waals surface area (Å²) in [5, 5.41) is 10.7. The molecule has 0 bridgehead atoms. The second kappa shape index (κ2) is 5.77. The van der Waals surface area contributed by atoms with Crippen molar-refractivity contribution in [1.29, 1.82) is 0 Å². The Kier molecular flexibility index (Phi) is 3.37. The zero-order valence-corrected chi connectivity index (χ0v) is 14.8. The summed E-state index contributed by atoms with van der Waals surface area (Å²) in [4.78, 5) is 15.1. The number of aromatic amines is 1. The van der Waals surface area contributed by atoms with Gasteiger partial charge in [0.1, 0.15) is 5.75 Å². The van der Waals surface area contributed by atoms with Crippen LogP contribution >= 0.6 is 0 Å². The second-order valence-corrected chi connectivity index (χ2v) is 6.85. The van der Waals surface area contributed by atoms with Gasteiger partial charge in [0.15, 0.2) is 0 Å². The van der Waals surface area contributed by atoms with E-state index >= 15 is 0 Å². The molecule has 0 spiro atoms. The Morgan fingerprint density at radius 1 is 1.19 bits per heavy atom. The van der Waals surface area contributed by atoms with Crippen LogP contribution in [0.1, 0.15) is 38.9 Å². The van der Waals surface area contributed by atoms with E-state index in [9.17, 15) is 9.90 Å². The van der Waals surface area contributed by atoms with E-state index < -0.39 is 5.97 Å². The molecule has 1 aliphatic heterocycles. The average Bonchev–Trinajstić information content (AvgIpc) is 3.27. The highest BCUT2D eigenvalue weighted by Crippen LogP contribution is 2.40. The first kappa shape index (κ1) is 15.8. The number of carboxylic acid groups (broad SMARTS) is 1. The molecule has 2 N–H and O–H groups in total. The van der Waals surface area contributed by atoms with E-state index in [1.165, 1.54) is 10.9 Å². The van der Waals surface area contributed by atoms with Crippen molar-refractivity contribution in [3.63, 3.8) is 0 Å². The third kappa shape index (κ3) is 2.35. The van der Waals surface area contributed by atoms with Crippen LogP contribution in [0.5, 0.6) is 5.75 Å². The Balaban J connectivity index is 1.75. The van der Waals surface area contributed by atoms with Crippen molar-refractivity contribution in [1.82, 2.24) is 9.55 Å². The number of hydrogen-bond acceptors (Lipinski definition) is 2. The summed E-state index contributed by atoms with van der Waals surface area (Å²) >= 11 is 0. The van der Waals surface area contributed by atoms with E-state index in [2.05, 4.69) is 21.7 Å². The SMILES string of the molecule is COc1ccc(C2c3[nH]c4ccccc4c3Cc3cc(C(=O)O)cn32)cc1. The van der Waals surface area contributed by atoms with E-state index in [1.807, 2.05) is 36.4 Å². The fourth-order valence-corrected chi connectivity index (χ4v) is 4.10. The molecule has 4 aromatic rings. The number of aromatic carboxylic acids is 1. The minimum atomic E-state index is -0.904. The van der Waals surface area contributed by atoms with Crippen LogP contribution in [0, 0.1) is 0 Å². The topological polar surface area (TPSA) is 67.2 Å². The largest absolute Gasteiger partial charge is 0.497 e. The summed E-state index contributed by atoms with van der Waals surface area (Å²) in [5.41, 5.74) is 5.85. The van der Waals surface area contributed by atoms with Crippen LogP contribution in [-0.4, -0.2) is 27.7 Å². The predicted molar refractivity (Wildman–Crippen MR) is 103 cm³/mol. The van der Waals surface area contributed by atoms with Crippen LogP contribution in [0.15, 0.2) is 60.8 Å². The summed E-state index contributed by atoms with van der Waals surface area (Å²) in [7, 11) is 1.65. The first-order valence-electron chi connectivity index (χ1n) is 8.83. The second-order valence-electron chi connectivity index (χ2n) is 6.85. The summed E-state index contributed by atoms with van der Waals surface area (Å²) in [5.74, 6) is -0.107. The van der Waals surface area contributed by atoms with E-state index in [-0.39, 0.29) is 6.04 Å². The minimum absolute atomic E-state index is 0.102. The number of nitrogens with zero attached hydrogens (tertiary/aromatic N) is 1. The van der Waals surface area contributed by atoms with Crippen LogP contribution in [-0.2, 0) is 6.42 Å². The molecule has 5 heteroatoms. The molecule has 1 atom stereocenters. The summed E-state index contributed by atoms with van der Waals surface area (Å²) in [6, 6.07) is 17.9. The Bertz CT molecular complexity index is 1170. The molecule has 134 valence electrons. The van der Waals surface area contributed by atoms with Crippen molar-refractivity contribution in [2.24, 2.45) is 0 Å². The highest BCUT2D eigenvalue weighted by atomic mass is 16.5. The van der Waals surface area contributed by atoms with Gasteiger partial charge < -0.3 is 19.4 Å². The van der Waals surface area contributed by atoms with Crippen LogP contribution in [0.2, 0.25) is 0 Å². The number of carboxylic acids is 1. The van der Waals surface area contributed by atoms with E-state index in [4.69, 9.17) is 4.74 Å².